The maximum Gasteiger partial charge on any atom is 0.417 e. The summed E-state index contributed by atoms with van der Waals surface area (Å²) in [6.45, 7) is 1.65. The number of rotatable bonds is 7. The second kappa shape index (κ2) is 9.70. The topological polar surface area (TPSA) is 70.8 Å². The number of carbonyl (C=O) groups excluding carboxylic acids is 1. The summed E-state index contributed by atoms with van der Waals surface area (Å²) in [7, 11) is 5.94. The van der Waals surface area contributed by atoms with Crippen molar-refractivity contribution in [3.8, 4) is 16.9 Å². The fourth-order valence-corrected chi connectivity index (χ4v) is 3.21. The molecule has 0 fully saturated rings. The van der Waals surface area contributed by atoms with Gasteiger partial charge in [0.1, 0.15) is 17.1 Å². The van der Waals surface area contributed by atoms with Crippen molar-refractivity contribution >= 4 is 28.9 Å². The Morgan fingerprint density at radius 3 is 2.30 bits per heavy atom. The lowest BCUT2D eigenvalue weighted by atomic mass is 10.1. The van der Waals surface area contributed by atoms with Gasteiger partial charge in [0.05, 0.1) is 0 Å². The third-order valence-corrected chi connectivity index (χ3v) is 5.07. The van der Waals surface area contributed by atoms with E-state index in [9.17, 15) is 9.18 Å². The molecule has 33 heavy (non-hydrogen) atoms. The van der Waals surface area contributed by atoms with Gasteiger partial charge in [-0.25, -0.2) is 9.18 Å². The average molecular weight is 448 g/mol. The van der Waals surface area contributed by atoms with Crippen LogP contribution in [0.15, 0.2) is 71.1 Å². The summed E-state index contributed by atoms with van der Waals surface area (Å²) in [5.74, 6) is 0.109. The van der Waals surface area contributed by atoms with Crippen molar-refractivity contribution in [2.75, 3.05) is 44.4 Å². The number of carbonyl (C=O) groups is 1. The van der Waals surface area contributed by atoms with Crippen LogP contribution in [0.1, 0.15) is 0 Å². The average Bonchev–Trinajstić information content (AvgIpc) is 3.22. The van der Waals surface area contributed by atoms with Gasteiger partial charge in [0.25, 0.3) is 6.01 Å². The molecular weight excluding hydrogens is 423 g/mol. The number of nitrogens with one attached hydrogen (secondary N) is 1. The normalized spacial score (nSPS) is 11.1. The minimum atomic E-state index is -0.615. The smallest absolute Gasteiger partial charge is 0.417 e. The van der Waals surface area contributed by atoms with E-state index in [0.29, 0.717) is 28.6 Å². The number of hydrogen-bond donors (Lipinski definition) is 1. The molecule has 1 N–H and O–H groups in total. The molecule has 4 aromatic rings. The summed E-state index contributed by atoms with van der Waals surface area (Å²) < 4.78 is 24.3. The molecular formula is C25H25FN4O3. The van der Waals surface area contributed by atoms with Gasteiger partial charge in [0, 0.05) is 25.8 Å². The molecule has 8 heteroatoms. The Morgan fingerprint density at radius 2 is 1.64 bits per heavy atom. The number of aromatic nitrogens is 1. The van der Waals surface area contributed by atoms with Crippen molar-refractivity contribution in [1.29, 1.82) is 0 Å². The lowest BCUT2D eigenvalue weighted by molar-refractivity contribution is 0.215. The van der Waals surface area contributed by atoms with E-state index in [1.165, 1.54) is 12.1 Å². The molecule has 0 bridgehead atoms. The zero-order chi connectivity index (χ0) is 23.4. The van der Waals surface area contributed by atoms with Crippen LogP contribution in [0.2, 0.25) is 0 Å². The Balaban J connectivity index is 1.38. The van der Waals surface area contributed by atoms with Crippen LogP contribution < -0.4 is 15.0 Å². The molecule has 3 aromatic carbocycles. The molecule has 0 atom stereocenters. The first-order chi connectivity index (χ1) is 15.9. The monoisotopic (exact) mass is 448 g/mol. The molecule has 1 heterocycles. The first kappa shape index (κ1) is 22.3. The van der Waals surface area contributed by atoms with Gasteiger partial charge in [0.15, 0.2) is 5.58 Å². The molecule has 0 aliphatic heterocycles. The first-order valence-electron chi connectivity index (χ1n) is 10.5. The predicted molar refractivity (Wildman–Crippen MR) is 127 cm³/mol. The number of hydrogen-bond acceptors (Lipinski definition) is 6. The molecule has 0 spiro atoms. The molecule has 0 aliphatic carbocycles. The van der Waals surface area contributed by atoms with Crippen LogP contribution in [0, 0.1) is 5.82 Å². The summed E-state index contributed by atoms with van der Waals surface area (Å²) in [4.78, 5) is 20.9. The molecule has 0 radical (unpaired) electrons. The summed E-state index contributed by atoms with van der Waals surface area (Å²) in [5.41, 5.74) is 3.59. The molecule has 1 aromatic heterocycles. The van der Waals surface area contributed by atoms with Crippen LogP contribution in [0.25, 0.3) is 22.2 Å². The van der Waals surface area contributed by atoms with E-state index in [1.54, 1.807) is 42.5 Å². The Morgan fingerprint density at radius 1 is 0.970 bits per heavy atom. The summed E-state index contributed by atoms with van der Waals surface area (Å²) >= 11 is 0. The van der Waals surface area contributed by atoms with Gasteiger partial charge in [-0.15, -0.1) is 0 Å². The van der Waals surface area contributed by atoms with Gasteiger partial charge in [-0.3, -0.25) is 5.32 Å². The molecule has 7 nitrogen and oxygen atoms in total. The first-order valence-corrected chi connectivity index (χ1v) is 10.5. The van der Waals surface area contributed by atoms with Gasteiger partial charge in [-0.05, 0) is 67.7 Å². The lowest BCUT2D eigenvalue weighted by Gasteiger charge is -2.17. The van der Waals surface area contributed by atoms with Gasteiger partial charge in [0.2, 0.25) is 0 Å². The van der Waals surface area contributed by atoms with Crippen LogP contribution in [0.4, 0.5) is 20.9 Å². The predicted octanol–water partition coefficient (Wildman–Crippen LogP) is 5.24. The third kappa shape index (κ3) is 5.67. The molecule has 1 amide bonds. The SMILES string of the molecule is CN(C)CCN(C)c1nc2cc(NC(=O)Oc3ccc(-c4ccc(F)cc4)cc3)ccc2o1. The maximum atomic E-state index is 13.1. The van der Waals surface area contributed by atoms with E-state index >= 15 is 0 Å². The number of halogens is 1. The van der Waals surface area contributed by atoms with Gasteiger partial charge >= 0.3 is 6.09 Å². The highest BCUT2D eigenvalue weighted by Crippen LogP contribution is 2.25. The molecule has 0 saturated carbocycles. The Bertz CT molecular complexity index is 1240. The number of ether oxygens (including phenoxy) is 1. The summed E-state index contributed by atoms with van der Waals surface area (Å²) in [6.07, 6.45) is -0.615. The van der Waals surface area contributed by atoms with Crippen LogP contribution in [-0.4, -0.2) is 50.2 Å². The number of anilines is 2. The Kier molecular flexibility index (Phi) is 6.55. The third-order valence-electron chi connectivity index (χ3n) is 5.07. The van der Waals surface area contributed by atoms with Gasteiger partial charge in [-0.2, -0.15) is 4.98 Å². The molecule has 0 saturated heterocycles. The van der Waals surface area contributed by atoms with E-state index < -0.39 is 6.09 Å². The van der Waals surface area contributed by atoms with E-state index in [0.717, 1.165) is 24.2 Å². The quantitative estimate of drug-likeness (QED) is 0.417. The van der Waals surface area contributed by atoms with E-state index in [2.05, 4.69) is 15.2 Å². The Hall–Kier alpha value is -3.91. The van der Waals surface area contributed by atoms with Crippen LogP contribution >= 0.6 is 0 Å². The van der Waals surface area contributed by atoms with Gasteiger partial charge in [-0.1, -0.05) is 24.3 Å². The maximum absolute atomic E-state index is 13.1. The van der Waals surface area contributed by atoms with Crippen molar-refractivity contribution < 1.29 is 18.3 Å². The second-order valence-corrected chi connectivity index (χ2v) is 7.95. The standard InChI is InChI=1S/C25H25FN4O3/c1-29(2)14-15-30(3)24-28-22-16-20(10-13-23(22)33-24)27-25(31)32-21-11-6-18(7-12-21)17-4-8-19(26)9-5-17/h4-13,16H,14-15H2,1-3H3,(H,27,31). The minimum absolute atomic E-state index is 0.285. The summed E-state index contributed by atoms with van der Waals surface area (Å²) in [5, 5.41) is 2.71. The number of fused-ring (bicyclic) bond motifs is 1. The fraction of sp³-hybridized carbons (Fsp3) is 0.200. The molecule has 0 aliphatic rings. The van der Waals surface area contributed by atoms with Gasteiger partial charge < -0.3 is 19.0 Å². The molecule has 0 unspecified atom stereocenters. The number of likely N-dealkylation sites (N-methyl/N-ethyl adjacent to an activating group) is 2. The fourth-order valence-electron chi connectivity index (χ4n) is 3.21. The highest BCUT2D eigenvalue weighted by atomic mass is 19.1. The lowest BCUT2D eigenvalue weighted by Crippen LogP contribution is -2.28. The van der Waals surface area contributed by atoms with E-state index in [-0.39, 0.29) is 5.82 Å². The Labute approximate surface area is 191 Å². The number of amides is 1. The van der Waals surface area contributed by atoms with E-state index in [1.807, 2.05) is 38.2 Å². The van der Waals surface area contributed by atoms with Crippen LogP contribution in [0.3, 0.4) is 0 Å². The van der Waals surface area contributed by atoms with E-state index in [4.69, 9.17) is 9.15 Å². The van der Waals surface area contributed by atoms with Crippen molar-refractivity contribution in [2.24, 2.45) is 0 Å². The van der Waals surface area contributed by atoms with Crippen LogP contribution in [-0.2, 0) is 0 Å². The second-order valence-electron chi connectivity index (χ2n) is 7.95. The van der Waals surface area contributed by atoms with Crippen molar-refractivity contribution in [3.63, 3.8) is 0 Å². The highest BCUT2D eigenvalue weighted by Gasteiger charge is 2.12. The molecule has 4 rings (SSSR count). The van der Waals surface area contributed by atoms with Crippen LogP contribution in [0.5, 0.6) is 5.75 Å². The van der Waals surface area contributed by atoms with Crippen molar-refractivity contribution in [3.05, 3.63) is 72.5 Å². The minimum Gasteiger partial charge on any atom is -0.423 e. The number of nitrogens with zero attached hydrogens (tertiary/aromatic N) is 3. The number of benzene rings is 3. The highest BCUT2D eigenvalue weighted by molar-refractivity contribution is 5.89. The van der Waals surface area contributed by atoms with Crippen molar-refractivity contribution in [1.82, 2.24) is 9.88 Å². The summed E-state index contributed by atoms with van der Waals surface area (Å²) in [6, 6.07) is 19.0. The number of oxazole rings is 1. The molecule has 170 valence electrons. The zero-order valence-corrected chi connectivity index (χ0v) is 18.7. The van der Waals surface area contributed by atoms with Crippen molar-refractivity contribution in [2.45, 2.75) is 0 Å². The zero-order valence-electron chi connectivity index (χ0n) is 18.7. The largest absolute Gasteiger partial charge is 0.423 e.